The number of unbranched alkanes of at least 4 members (excludes halogenated alkanes) is 1. The van der Waals surface area contributed by atoms with E-state index in [1.54, 1.807) is 0 Å². The molecular formula is C15H26N2O. The molecule has 0 aliphatic rings. The lowest BCUT2D eigenvalue weighted by Crippen LogP contribution is -2.28. The van der Waals surface area contributed by atoms with Gasteiger partial charge in [-0.15, -0.1) is 0 Å². The lowest BCUT2D eigenvalue weighted by atomic mass is 10.1. The fraction of sp³-hybridized carbons (Fsp3) is 0.600. The molecule has 0 aliphatic carbocycles. The smallest absolute Gasteiger partial charge is 0.121 e. The molecule has 0 bridgehead atoms. The first-order chi connectivity index (χ1) is 8.76. The van der Waals surface area contributed by atoms with Crippen LogP contribution in [-0.2, 0) is 0 Å². The molecule has 0 amide bonds. The zero-order valence-corrected chi connectivity index (χ0v) is 11.6. The fourth-order valence-electron chi connectivity index (χ4n) is 1.73. The zero-order valence-electron chi connectivity index (χ0n) is 11.6. The van der Waals surface area contributed by atoms with Crippen molar-refractivity contribution in [3.05, 3.63) is 24.3 Å². The van der Waals surface area contributed by atoms with E-state index in [0.29, 0.717) is 0 Å². The Morgan fingerprint density at radius 3 is 2.83 bits per heavy atom. The summed E-state index contributed by atoms with van der Waals surface area (Å²) >= 11 is 0. The predicted molar refractivity (Wildman–Crippen MR) is 78.2 cm³/mol. The molecule has 3 heteroatoms. The molecule has 1 aromatic rings. The first-order valence-electron chi connectivity index (χ1n) is 6.98. The summed E-state index contributed by atoms with van der Waals surface area (Å²) in [7, 11) is 0. The molecule has 0 spiro atoms. The summed E-state index contributed by atoms with van der Waals surface area (Å²) in [4.78, 5) is 0. The van der Waals surface area contributed by atoms with Crippen LogP contribution < -0.4 is 15.8 Å². The normalized spacial score (nSPS) is 12.2. The highest BCUT2D eigenvalue weighted by Crippen LogP contribution is 2.17. The van der Waals surface area contributed by atoms with Gasteiger partial charge in [-0.05, 0) is 25.0 Å². The highest BCUT2D eigenvalue weighted by Gasteiger charge is 2.02. The van der Waals surface area contributed by atoms with Crippen molar-refractivity contribution in [1.82, 2.24) is 0 Å². The molecule has 1 atom stereocenters. The Morgan fingerprint density at radius 2 is 2.11 bits per heavy atom. The monoisotopic (exact) mass is 250 g/mol. The molecule has 0 aliphatic heterocycles. The summed E-state index contributed by atoms with van der Waals surface area (Å²) < 4.78 is 5.60. The van der Waals surface area contributed by atoms with Crippen molar-refractivity contribution < 1.29 is 4.74 Å². The number of benzene rings is 1. The number of anilines is 1. The zero-order chi connectivity index (χ0) is 13.2. The molecule has 0 saturated heterocycles. The van der Waals surface area contributed by atoms with Crippen LogP contribution in [0.15, 0.2) is 24.3 Å². The summed E-state index contributed by atoms with van der Waals surface area (Å²) in [6.07, 6.45) is 4.51. The van der Waals surface area contributed by atoms with Crippen molar-refractivity contribution in [3.63, 3.8) is 0 Å². The first kappa shape index (κ1) is 14.8. The van der Waals surface area contributed by atoms with Gasteiger partial charge in [-0.2, -0.15) is 0 Å². The minimum absolute atomic E-state index is 0.227. The maximum atomic E-state index is 6.03. The fourth-order valence-corrected chi connectivity index (χ4v) is 1.73. The summed E-state index contributed by atoms with van der Waals surface area (Å²) in [5, 5.41) is 3.37. The standard InChI is InChI=1S/C15H26N2O/c1-3-5-7-13(16)12-17-14-8-6-9-15(11-14)18-10-4-2/h6,8-9,11,13,17H,3-5,7,10,12,16H2,1-2H3. The summed E-state index contributed by atoms with van der Waals surface area (Å²) in [5.74, 6) is 0.920. The van der Waals surface area contributed by atoms with Gasteiger partial charge in [0.15, 0.2) is 0 Å². The van der Waals surface area contributed by atoms with Crippen LogP contribution in [0.4, 0.5) is 5.69 Å². The molecule has 1 rings (SSSR count). The molecule has 18 heavy (non-hydrogen) atoms. The molecule has 0 heterocycles. The van der Waals surface area contributed by atoms with E-state index in [-0.39, 0.29) is 6.04 Å². The van der Waals surface area contributed by atoms with Crippen LogP contribution in [-0.4, -0.2) is 19.2 Å². The Bertz CT molecular complexity index is 328. The quantitative estimate of drug-likeness (QED) is 0.706. The van der Waals surface area contributed by atoms with Gasteiger partial charge >= 0.3 is 0 Å². The van der Waals surface area contributed by atoms with E-state index in [2.05, 4.69) is 19.2 Å². The number of nitrogens with one attached hydrogen (secondary N) is 1. The summed E-state index contributed by atoms with van der Waals surface area (Å²) in [6, 6.07) is 8.29. The molecule has 3 N–H and O–H groups in total. The van der Waals surface area contributed by atoms with Gasteiger partial charge in [0.1, 0.15) is 5.75 Å². The van der Waals surface area contributed by atoms with E-state index in [1.165, 1.54) is 12.8 Å². The number of ether oxygens (including phenoxy) is 1. The van der Waals surface area contributed by atoms with Gasteiger partial charge in [-0.25, -0.2) is 0 Å². The van der Waals surface area contributed by atoms with Crippen molar-refractivity contribution >= 4 is 5.69 Å². The molecule has 0 radical (unpaired) electrons. The Labute approximate surface area is 111 Å². The maximum absolute atomic E-state index is 6.03. The van der Waals surface area contributed by atoms with Crippen LogP contribution in [0.5, 0.6) is 5.75 Å². The third-order valence-electron chi connectivity index (χ3n) is 2.80. The Hall–Kier alpha value is -1.22. The predicted octanol–water partition coefficient (Wildman–Crippen LogP) is 3.40. The molecule has 0 saturated carbocycles. The average molecular weight is 250 g/mol. The second kappa shape index (κ2) is 8.81. The van der Waals surface area contributed by atoms with Gasteiger partial charge < -0.3 is 15.8 Å². The average Bonchev–Trinajstić information content (AvgIpc) is 2.41. The van der Waals surface area contributed by atoms with Crippen molar-refractivity contribution in [3.8, 4) is 5.75 Å². The van der Waals surface area contributed by atoms with Gasteiger partial charge in [-0.3, -0.25) is 0 Å². The number of nitrogens with two attached hydrogens (primary N) is 1. The summed E-state index contributed by atoms with van der Waals surface area (Å²) in [5.41, 5.74) is 7.11. The van der Waals surface area contributed by atoms with E-state index in [4.69, 9.17) is 10.5 Å². The first-order valence-corrected chi connectivity index (χ1v) is 6.98. The third-order valence-corrected chi connectivity index (χ3v) is 2.80. The van der Waals surface area contributed by atoms with E-state index in [9.17, 15) is 0 Å². The summed E-state index contributed by atoms with van der Waals surface area (Å²) in [6.45, 7) is 5.88. The van der Waals surface area contributed by atoms with Crippen LogP contribution in [0.2, 0.25) is 0 Å². The van der Waals surface area contributed by atoms with Crippen LogP contribution in [0.1, 0.15) is 39.5 Å². The Kier molecular flexibility index (Phi) is 7.26. The highest BCUT2D eigenvalue weighted by atomic mass is 16.5. The van der Waals surface area contributed by atoms with Gasteiger partial charge in [-0.1, -0.05) is 32.8 Å². The van der Waals surface area contributed by atoms with E-state index < -0.39 is 0 Å². The van der Waals surface area contributed by atoms with E-state index in [1.807, 2.05) is 24.3 Å². The topological polar surface area (TPSA) is 47.3 Å². The second-order valence-corrected chi connectivity index (χ2v) is 4.66. The third kappa shape index (κ3) is 5.92. The Morgan fingerprint density at radius 1 is 1.28 bits per heavy atom. The SMILES string of the molecule is CCCCC(N)CNc1cccc(OCCC)c1. The Balaban J connectivity index is 2.37. The molecule has 0 fully saturated rings. The van der Waals surface area contributed by atoms with Gasteiger partial charge in [0, 0.05) is 24.3 Å². The van der Waals surface area contributed by atoms with Crippen LogP contribution in [0.25, 0.3) is 0 Å². The van der Waals surface area contributed by atoms with Crippen molar-refractivity contribution in [1.29, 1.82) is 0 Å². The van der Waals surface area contributed by atoms with E-state index in [0.717, 1.165) is 37.4 Å². The lowest BCUT2D eigenvalue weighted by Gasteiger charge is -2.14. The maximum Gasteiger partial charge on any atom is 0.121 e. The minimum Gasteiger partial charge on any atom is -0.494 e. The molecule has 102 valence electrons. The van der Waals surface area contributed by atoms with Gasteiger partial charge in [0.2, 0.25) is 0 Å². The largest absolute Gasteiger partial charge is 0.494 e. The lowest BCUT2D eigenvalue weighted by molar-refractivity contribution is 0.317. The van der Waals surface area contributed by atoms with E-state index >= 15 is 0 Å². The number of rotatable bonds is 9. The van der Waals surface area contributed by atoms with Gasteiger partial charge in [0.05, 0.1) is 6.61 Å². The molecule has 1 unspecified atom stereocenters. The van der Waals surface area contributed by atoms with Crippen molar-refractivity contribution in [2.24, 2.45) is 5.73 Å². The minimum atomic E-state index is 0.227. The molecular weight excluding hydrogens is 224 g/mol. The molecule has 0 aromatic heterocycles. The molecule has 3 nitrogen and oxygen atoms in total. The second-order valence-electron chi connectivity index (χ2n) is 4.66. The van der Waals surface area contributed by atoms with Crippen molar-refractivity contribution in [2.75, 3.05) is 18.5 Å². The van der Waals surface area contributed by atoms with Gasteiger partial charge in [0.25, 0.3) is 0 Å². The van der Waals surface area contributed by atoms with Crippen molar-refractivity contribution in [2.45, 2.75) is 45.6 Å². The highest BCUT2D eigenvalue weighted by molar-refractivity contribution is 5.48. The number of hydrogen-bond acceptors (Lipinski definition) is 3. The van der Waals surface area contributed by atoms with Crippen LogP contribution >= 0.6 is 0 Å². The molecule has 1 aromatic carbocycles. The number of hydrogen-bond donors (Lipinski definition) is 2. The van der Waals surface area contributed by atoms with Crippen LogP contribution in [0.3, 0.4) is 0 Å². The van der Waals surface area contributed by atoms with Crippen LogP contribution in [0, 0.1) is 0 Å².